The van der Waals surface area contributed by atoms with Gasteiger partial charge in [0.05, 0.1) is 0 Å². The van der Waals surface area contributed by atoms with E-state index in [9.17, 15) is 0 Å². The maximum Gasteiger partial charge on any atom is -0.0323 e. The quantitative estimate of drug-likeness (QED) is 0.529. The largest absolute Gasteiger partial charge is 0.0470 e. The predicted molar refractivity (Wildman–Crippen MR) is 51.0 cm³/mol. The zero-order chi connectivity index (χ0) is 8.15. The van der Waals surface area contributed by atoms with Gasteiger partial charge < -0.3 is 0 Å². The maximum atomic E-state index is 1.67. The summed E-state index contributed by atoms with van der Waals surface area (Å²) in [7, 11) is 0. The Morgan fingerprint density at radius 2 is 1.15 bits per heavy atom. The molecule has 0 aromatic carbocycles. The molecule has 0 radical (unpaired) electrons. The number of rotatable bonds is 0. The molecule has 0 N–H and O–H groups in total. The van der Waals surface area contributed by atoms with E-state index in [2.05, 4.69) is 0 Å². The second-order valence-corrected chi connectivity index (χ2v) is 6.69. The van der Waals surface area contributed by atoms with Crippen molar-refractivity contribution in [2.45, 2.75) is 32.1 Å². The molecule has 0 spiro atoms. The smallest absolute Gasteiger partial charge is 0.0323 e. The molecule has 13 heavy (non-hydrogen) atoms. The van der Waals surface area contributed by atoms with E-state index in [0.29, 0.717) is 0 Å². The zero-order valence-electron chi connectivity index (χ0n) is 8.15. The molecular formula is C13H18. The molecular weight excluding hydrogens is 156 g/mol. The summed E-state index contributed by atoms with van der Waals surface area (Å²) in [6, 6.07) is 0. The van der Waals surface area contributed by atoms with Crippen molar-refractivity contribution >= 4 is 0 Å². The molecule has 5 aliphatic rings. The lowest BCUT2D eigenvalue weighted by Gasteiger charge is -2.40. The van der Waals surface area contributed by atoms with Crippen LogP contribution in [0.15, 0.2) is 0 Å². The Bertz CT molecular complexity index is 278. The van der Waals surface area contributed by atoms with Crippen LogP contribution in [0.5, 0.6) is 0 Å². The number of hydrogen-bond acceptors (Lipinski definition) is 0. The van der Waals surface area contributed by atoms with E-state index >= 15 is 0 Å². The highest BCUT2D eigenvalue weighted by atomic mass is 14.7. The van der Waals surface area contributed by atoms with Gasteiger partial charge in [-0.3, -0.25) is 0 Å². The molecule has 5 saturated carbocycles. The van der Waals surface area contributed by atoms with Crippen LogP contribution in [0.3, 0.4) is 0 Å². The van der Waals surface area contributed by atoms with E-state index in [4.69, 9.17) is 0 Å². The number of fused-ring (bicyclic) bond motifs is 1. The minimum absolute atomic E-state index is 1.21. The first-order valence-corrected chi connectivity index (χ1v) is 6.42. The first-order chi connectivity index (χ1) is 6.42. The molecule has 8 atom stereocenters. The molecule has 8 unspecified atom stereocenters. The lowest BCUT2D eigenvalue weighted by Crippen LogP contribution is -2.32. The van der Waals surface area contributed by atoms with Gasteiger partial charge in [-0.15, -0.1) is 0 Å². The van der Waals surface area contributed by atoms with Crippen molar-refractivity contribution in [1.82, 2.24) is 0 Å². The normalized spacial score (nSPS) is 75.7. The van der Waals surface area contributed by atoms with Gasteiger partial charge in [0.2, 0.25) is 0 Å². The Morgan fingerprint density at radius 1 is 0.462 bits per heavy atom. The second-order valence-electron chi connectivity index (χ2n) is 6.69. The highest BCUT2D eigenvalue weighted by Crippen LogP contribution is 2.74. The van der Waals surface area contributed by atoms with Gasteiger partial charge in [-0.05, 0) is 79.4 Å². The first kappa shape index (κ1) is 6.48. The summed E-state index contributed by atoms with van der Waals surface area (Å²) in [5.74, 6) is 9.83. The zero-order valence-corrected chi connectivity index (χ0v) is 8.15. The SMILES string of the molecule is C1C2CC3C4CC2C2C1CC3C2C4. The fourth-order valence-electron chi connectivity index (χ4n) is 6.77. The van der Waals surface area contributed by atoms with E-state index in [1.807, 2.05) is 0 Å². The van der Waals surface area contributed by atoms with Crippen LogP contribution in [0.1, 0.15) is 32.1 Å². The molecule has 0 aliphatic heterocycles. The van der Waals surface area contributed by atoms with Gasteiger partial charge in [0.25, 0.3) is 0 Å². The second kappa shape index (κ2) is 1.73. The summed E-state index contributed by atoms with van der Waals surface area (Å²) in [6.07, 6.45) is 8.34. The van der Waals surface area contributed by atoms with Crippen molar-refractivity contribution in [3.8, 4) is 0 Å². The van der Waals surface area contributed by atoms with E-state index in [-0.39, 0.29) is 0 Å². The molecule has 0 nitrogen and oxygen atoms in total. The fourth-order valence-corrected chi connectivity index (χ4v) is 6.77. The van der Waals surface area contributed by atoms with Crippen molar-refractivity contribution in [2.24, 2.45) is 47.3 Å². The highest BCUT2D eigenvalue weighted by Gasteiger charge is 2.66. The molecule has 0 heteroatoms. The Hall–Kier alpha value is 0. The first-order valence-electron chi connectivity index (χ1n) is 6.42. The van der Waals surface area contributed by atoms with Crippen LogP contribution in [0, 0.1) is 47.3 Å². The molecule has 0 aromatic rings. The highest BCUT2D eigenvalue weighted by molar-refractivity contribution is 5.15. The summed E-state index contributed by atoms with van der Waals surface area (Å²) < 4.78 is 0. The van der Waals surface area contributed by atoms with Gasteiger partial charge in [-0.1, -0.05) is 0 Å². The topological polar surface area (TPSA) is 0 Å². The van der Waals surface area contributed by atoms with Gasteiger partial charge in [0.1, 0.15) is 0 Å². The van der Waals surface area contributed by atoms with Crippen LogP contribution >= 0.6 is 0 Å². The molecule has 3 bridgehead atoms. The summed E-state index contributed by atoms with van der Waals surface area (Å²) in [5.41, 5.74) is 0. The summed E-state index contributed by atoms with van der Waals surface area (Å²) in [4.78, 5) is 0. The lowest BCUT2D eigenvalue weighted by molar-refractivity contribution is 0.0910. The van der Waals surface area contributed by atoms with Crippen molar-refractivity contribution in [3.05, 3.63) is 0 Å². The molecule has 5 aliphatic carbocycles. The van der Waals surface area contributed by atoms with Crippen molar-refractivity contribution in [1.29, 1.82) is 0 Å². The number of hydrogen-bond donors (Lipinski definition) is 0. The minimum Gasteiger partial charge on any atom is -0.0470 e. The molecule has 5 fully saturated rings. The monoisotopic (exact) mass is 174 g/mol. The van der Waals surface area contributed by atoms with E-state index in [0.717, 1.165) is 0 Å². The van der Waals surface area contributed by atoms with Gasteiger partial charge in [-0.2, -0.15) is 0 Å². The minimum atomic E-state index is 1.21. The third kappa shape index (κ3) is 0.521. The van der Waals surface area contributed by atoms with Crippen LogP contribution in [-0.2, 0) is 0 Å². The third-order valence-corrected chi connectivity index (χ3v) is 6.75. The Labute approximate surface area is 80.1 Å². The van der Waals surface area contributed by atoms with Crippen LogP contribution < -0.4 is 0 Å². The van der Waals surface area contributed by atoms with E-state index in [1.165, 1.54) is 47.3 Å². The molecule has 0 saturated heterocycles. The molecule has 70 valence electrons. The van der Waals surface area contributed by atoms with E-state index in [1.54, 1.807) is 32.1 Å². The van der Waals surface area contributed by atoms with Crippen molar-refractivity contribution in [2.75, 3.05) is 0 Å². The van der Waals surface area contributed by atoms with Crippen LogP contribution in [0.2, 0.25) is 0 Å². The van der Waals surface area contributed by atoms with Crippen molar-refractivity contribution in [3.63, 3.8) is 0 Å². The van der Waals surface area contributed by atoms with Crippen molar-refractivity contribution < 1.29 is 0 Å². The van der Waals surface area contributed by atoms with Crippen LogP contribution in [-0.4, -0.2) is 0 Å². The molecule has 0 amide bonds. The Morgan fingerprint density at radius 3 is 2.15 bits per heavy atom. The Balaban J connectivity index is 1.81. The standard InChI is InChI=1S/C13H18/c1-6-2-9-7-3-10(6)13-8(1)5-11(9)12(13)4-7/h6-13H,1-5H2. The molecule has 0 heterocycles. The van der Waals surface area contributed by atoms with E-state index < -0.39 is 0 Å². The fraction of sp³-hybridized carbons (Fsp3) is 1.00. The molecule has 5 rings (SSSR count). The van der Waals surface area contributed by atoms with Crippen LogP contribution in [0.25, 0.3) is 0 Å². The molecule has 0 aromatic heterocycles. The van der Waals surface area contributed by atoms with Gasteiger partial charge in [0, 0.05) is 0 Å². The maximum absolute atomic E-state index is 1.67. The third-order valence-electron chi connectivity index (χ3n) is 6.75. The van der Waals surface area contributed by atoms with Gasteiger partial charge in [-0.25, -0.2) is 0 Å². The lowest BCUT2D eigenvalue weighted by atomic mass is 9.65. The average molecular weight is 174 g/mol. The van der Waals surface area contributed by atoms with Gasteiger partial charge >= 0.3 is 0 Å². The summed E-state index contributed by atoms with van der Waals surface area (Å²) in [6.45, 7) is 0. The average Bonchev–Trinajstić information content (AvgIpc) is 2.64. The summed E-state index contributed by atoms with van der Waals surface area (Å²) >= 11 is 0. The predicted octanol–water partition coefficient (Wildman–Crippen LogP) is 2.93. The van der Waals surface area contributed by atoms with Crippen LogP contribution in [0.4, 0.5) is 0 Å². The Kier molecular flexibility index (Phi) is 0.860. The summed E-state index contributed by atoms with van der Waals surface area (Å²) in [5, 5.41) is 0. The van der Waals surface area contributed by atoms with Gasteiger partial charge in [0.15, 0.2) is 0 Å².